The molecular weight excluding hydrogens is 254 g/mol. The van der Waals surface area contributed by atoms with Crippen LogP contribution in [0.1, 0.15) is 0 Å². The van der Waals surface area contributed by atoms with Crippen LogP contribution in [-0.2, 0) is 0 Å². The molecular formula is C13H11N7. The number of hydrogen-bond donors (Lipinski definition) is 2. The van der Waals surface area contributed by atoms with Gasteiger partial charge < -0.3 is 11.5 Å². The van der Waals surface area contributed by atoms with Crippen molar-refractivity contribution in [1.29, 1.82) is 0 Å². The second-order valence-electron chi connectivity index (χ2n) is 4.00. The Hall–Kier alpha value is -3.09. The van der Waals surface area contributed by atoms with Gasteiger partial charge >= 0.3 is 0 Å². The fraction of sp³-hybridized carbons (Fsp3) is 0. The number of nitrogens with zero attached hydrogens (tertiary/aromatic N) is 5. The van der Waals surface area contributed by atoms with Crippen LogP contribution in [0, 0.1) is 0 Å². The molecule has 0 saturated carbocycles. The molecule has 7 heteroatoms. The minimum Gasteiger partial charge on any atom is -0.383 e. The number of hydrogen-bond acceptors (Lipinski definition) is 7. The minimum atomic E-state index is 0.0933. The van der Waals surface area contributed by atoms with Gasteiger partial charge in [0.15, 0.2) is 0 Å². The van der Waals surface area contributed by atoms with Crippen LogP contribution in [-0.4, -0.2) is 24.9 Å². The average molecular weight is 265 g/mol. The van der Waals surface area contributed by atoms with Crippen molar-refractivity contribution in [2.75, 3.05) is 11.5 Å². The third-order valence-corrected chi connectivity index (χ3v) is 2.68. The lowest BCUT2D eigenvalue weighted by molar-refractivity contribution is 1.15. The van der Waals surface area contributed by atoms with E-state index in [-0.39, 0.29) is 11.8 Å². The van der Waals surface area contributed by atoms with Gasteiger partial charge in [-0.05, 0) is 12.1 Å². The third-order valence-electron chi connectivity index (χ3n) is 2.68. The number of rotatable bonds is 2. The highest BCUT2D eigenvalue weighted by atomic mass is 15.0. The zero-order valence-corrected chi connectivity index (χ0v) is 10.4. The van der Waals surface area contributed by atoms with E-state index in [2.05, 4.69) is 24.9 Å². The molecule has 4 N–H and O–H groups in total. The van der Waals surface area contributed by atoms with Gasteiger partial charge in [-0.1, -0.05) is 6.07 Å². The Morgan fingerprint density at radius 1 is 0.850 bits per heavy atom. The second kappa shape index (κ2) is 4.88. The molecule has 0 aliphatic rings. The lowest BCUT2D eigenvalue weighted by atomic mass is 10.1. The van der Waals surface area contributed by atoms with Crippen LogP contribution < -0.4 is 11.5 Å². The van der Waals surface area contributed by atoms with E-state index < -0.39 is 0 Å². The molecule has 3 aromatic heterocycles. The quantitative estimate of drug-likeness (QED) is 0.714. The van der Waals surface area contributed by atoms with Gasteiger partial charge in [-0.2, -0.15) is 4.98 Å². The summed E-state index contributed by atoms with van der Waals surface area (Å²) in [6.07, 6.45) is 6.42. The van der Waals surface area contributed by atoms with Crippen LogP contribution >= 0.6 is 0 Å². The standard InChI is InChI=1S/C13H11N7/c14-12-10(9-7-16-5-6-18-9)11(19-13(15)20-12)8-3-1-2-4-17-8/h1-7H,(H4,14,15,19,20). The van der Waals surface area contributed by atoms with Gasteiger partial charge in [-0.15, -0.1) is 0 Å². The van der Waals surface area contributed by atoms with Gasteiger partial charge in [-0.3, -0.25) is 15.0 Å². The molecule has 20 heavy (non-hydrogen) atoms. The molecule has 0 spiro atoms. The van der Waals surface area contributed by atoms with Gasteiger partial charge in [-0.25, -0.2) is 4.98 Å². The SMILES string of the molecule is Nc1nc(N)c(-c2cnccn2)c(-c2ccccn2)n1. The molecule has 0 aliphatic heterocycles. The Balaban J connectivity index is 2.29. The normalized spacial score (nSPS) is 10.4. The van der Waals surface area contributed by atoms with Crippen molar-refractivity contribution >= 4 is 11.8 Å². The fourth-order valence-corrected chi connectivity index (χ4v) is 1.86. The summed E-state index contributed by atoms with van der Waals surface area (Å²) in [5, 5.41) is 0. The number of nitrogen functional groups attached to an aromatic ring is 2. The second-order valence-corrected chi connectivity index (χ2v) is 4.00. The van der Waals surface area contributed by atoms with Crippen molar-refractivity contribution in [2.24, 2.45) is 0 Å². The maximum Gasteiger partial charge on any atom is 0.222 e. The Morgan fingerprint density at radius 2 is 1.70 bits per heavy atom. The van der Waals surface area contributed by atoms with Gasteiger partial charge in [0, 0.05) is 18.6 Å². The summed E-state index contributed by atoms with van der Waals surface area (Å²) in [5.41, 5.74) is 14.0. The zero-order chi connectivity index (χ0) is 13.9. The van der Waals surface area contributed by atoms with E-state index in [1.54, 1.807) is 24.8 Å². The van der Waals surface area contributed by atoms with Crippen LogP contribution in [0.15, 0.2) is 43.0 Å². The molecule has 0 amide bonds. The first kappa shape index (κ1) is 12.0. The Bertz CT molecular complexity index is 728. The molecule has 0 bridgehead atoms. The van der Waals surface area contributed by atoms with Crippen molar-refractivity contribution in [3.8, 4) is 22.6 Å². The first-order chi connectivity index (χ1) is 9.75. The lowest BCUT2D eigenvalue weighted by Gasteiger charge is -2.10. The average Bonchev–Trinajstić information content (AvgIpc) is 2.48. The molecule has 0 radical (unpaired) electrons. The van der Waals surface area contributed by atoms with Crippen LogP contribution in [0.5, 0.6) is 0 Å². The van der Waals surface area contributed by atoms with Crippen molar-refractivity contribution in [1.82, 2.24) is 24.9 Å². The molecule has 0 fully saturated rings. The van der Waals surface area contributed by atoms with Crippen molar-refractivity contribution in [2.45, 2.75) is 0 Å². The van der Waals surface area contributed by atoms with Crippen LogP contribution in [0.3, 0.4) is 0 Å². The number of pyridine rings is 1. The Morgan fingerprint density at radius 3 is 2.40 bits per heavy atom. The van der Waals surface area contributed by atoms with E-state index in [0.29, 0.717) is 22.6 Å². The highest BCUT2D eigenvalue weighted by molar-refractivity contribution is 5.84. The van der Waals surface area contributed by atoms with Crippen molar-refractivity contribution in [3.05, 3.63) is 43.0 Å². The summed E-state index contributed by atoms with van der Waals surface area (Å²) in [4.78, 5) is 20.8. The van der Waals surface area contributed by atoms with Crippen LogP contribution in [0.25, 0.3) is 22.6 Å². The maximum absolute atomic E-state index is 5.96. The molecule has 98 valence electrons. The molecule has 3 rings (SSSR count). The molecule has 0 saturated heterocycles. The Kier molecular flexibility index (Phi) is 2.92. The van der Waals surface area contributed by atoms with Gasteiger partial charge in [0.25, 0.3) is 0 Å². The topological polar surface area (TPSA) is 116 Å². The predicted molar refractivity (Wildman–Crippen MR) is 75.1 cm³/mol. The number of anilines is 2. The smallest absolute Gasteiger partial charge is 0.222 e. The lowest BCUT2D eigenvalue weighted by Crippen LogP contribution is -2.05. The van der Waals surface area contributed by atoms with E-state index in [9.17, 15) is 0 Å². The monoisotopic (exact) mass is 265 g/mol. The van der Waals surface area contributed by atoms with Crippen LogP contribution in [0.4, 0.5) is 11.8 Å². The van der Waals surface area contributed by atoms with Crippen molar-refractivity contribution < 1.29 is 0 Å². The zero-order valence-electron chi connectivity index (χ0n) is 10.4. The first-order valence-corrected chi connectivity index (χ1v) is 5.86. The molecule has 0 aromatic carbocycles. The fourth-order valence-electron chi connectivity index (χ4n) is 1.86. The summed E-state index contributed by atoms with van der Waals surface area (Å²) in [6, 6.07) is 5.50. The molecule has 3 heterocycles. The van der Waals surface area contributed by atoms with E-state index in [4.69, 9.17) is 11.5 Å². The molecule has 3 aromatic rings. The van der Waals surface area contributed by atoms with Crippen molar-refractivity contribution in [3.63, 3.8) is 0 Å². The van der Waals surface area contributed by atoms with E-state index >= 15 is 0 Å². The van der Waals surface area contributed by atoms with E-state index in [1.165, 1.54) is 0 Å². The maximum atomic E-state index is 5.96. The summed E-state index contributed by atoms with van der Waals surface area (Å²) < 4.78 is 0. The summed E-state index contributed by atoms with van der Waals surface area (Å²) in [6.45, 7) is 0. The van der Waals surface area contributed by atoms with Gasteiger partial charge in [0.1, 0.15) is 11.5 Å². The summed E-state index contributed by atoms with van der Waals surface area (Å²) >= 11 is 0. The minimum absolute atomic E-state index is 0.0933. The third kappa shape index (κ3) is 2.12. The van der Waals surface area contributed by atoms with Crippen LogP contribution in [0.2, 0.25) is 0 Å². The summed E-state index contributed by atoms with van der Waals surface area (Å²) in [7, 11) is 0. The van der Waals surface area contributed by atoms with E-state index in [1.807, 2.05) is 18.2 Å². The Labute approximate surface area is 114 Å². The molecule has 0 atom stereocenters. The number of aromatic nitrogens is 5. The summed E-state index contributed by atoms with van der Waals surface area (Å²) in [5.74, 6) is 0.342. The molecule has 7 nitrogen and oxygen atoms in total. The highest BCUT2D eigenvalue weighted by Gasteiger charge is 2.17. The largest absolute Gasteiger partial charge is 0.383 e. The van der Waals surface area contributed by atoms with E-state index in [0.717, 1.165) is 0 Å². The van der Waals surface area contributed by atoms with Gasteiger partial charge in [0.2, 0.25) is 5.95 Å². The molecule has 0 unspecified atom stereocenters. The molecule has 0 aliphatic carbocycles. The first-order valence-electron chi connectivity index (χ1n) is 5.86. The van der Waals surface area contributed by atoms with Gasteiger partial charge in [0.05, 0.1) is 23.1 Å². The predicted octanol–water partition coefficient (Wildman–Crippen LogP) is 1.16. The number of nitrogens with two attached hydrogens (primary N) is 2. The highest BCUT2D eigenvalue weighted by Crippen LogP contribution is 2.32.